The number of hydrogen-bond acceptors (Lipinski definition) is 3. The Bertz CT molecular complexity index is 1060. The molecule has 3 aromatic rings. The molecule has 28 heavy (non-hydrogen) atoms. The Morgan fingerprint density at radius 1 is 1.04 bits per heavy atom. The number of rotatable bonds is 5. The third-order valence-electron chi connectivity index (χ3n) is 3.92. The second-order valence-electron chi connectivity index (χ2n) is 5.68. The molecule has 0 aliphatic heterocycles. The van der Waals surface area contributed by atoms with Gasteiger partial charge in [-0.25, -0.2) is 0 Å². The second-order valence-corrected chi connectivity index (χ2v) is 6.09. The van der Waals surface area contributed by atoms with Gasteiger partial charge in [-0.3, -0.25) is 4.79 Å². The lowest BCUT2D eigenvalue weighted by Crippen LogP contribution is -2.13. The number of alkyl halides is 2. The molecule has 0 atom stereocenters. The van der Waals surface area contributed by atoms with Crippen molar-refractivity contribution in [3.05, 3.63) is 82.9 Å². The summed E-state index contributed by atoms with van der Waals surface area (Å²) in [6.07, 6.45) is 0. The van der Waals surface area contributed by atoms with Crippen molar-refractivity contribution >= 4 is 23.2 Å². The summed E-state index contributed by atoms with van der Waals surface area (Å²) in [4.78, 5) is 12.8. The van der Waals surface area contributed by atoms with Crippen LogP contribution >= 0.6 is 11.6 Å². The molecule has 1 amide bonds. The summed E-state index contributed by atoms with van der Waals surface area (Å²) in [5.41, 5.74) is 2.35. The van der Waals surface area contributed by atoms with E-state index in [0.29, 0.717) is 27.9 Å². The van der Waals surface area contributed by atoms with E-state index in [2.05, 4.69) is 16.1 Å². The Morgan fingerprint density at radius 2 is 1.71 bits per heavy atom. The Hall–Kier alpha value is -3.43. The third kappa shape index (κ3) is 4.27. The highest BCUT2D eigenvalue weighted by Gasteiger charge is 2.16. The summed E-state index contributed by atoms with van der Waals surface area (Å²) in [5.74, 6) is -0.611. The summed E-state index contributed by atoms with van der Waals surface area (Å²) < 4.78 is 28.9. The number of benzene rings is 3. The van der Waals surface area contributed by atoms with Gasteiger partial charge in [0.15, 0.2) is 0 Å². The topological polar surface area (TPSA) is 62.1 Å². The number of amides is 1. The average Bonchev–Trinajstić information content (AvgIpc) is 2.69. The number of carbonyl (C=O) groups excluding carboxylic acids is 1. The summed E-state index contributed by atoms with van der Waals surface area (Å²) >= 11 is 5.92. The lowest BCUT2D eigenvalue weighted by Gasteiger charge is -2.13. The maximum Gasteiger partial charge on any atom is 0.387 e. The fourth-order valence-electron chi connectivity index (χ4n) is 2.70. The van der Waals surface area contributed by atoms with Crippen LogP contribution < -0.4 is 10.1 Å². The van der Waals surface area contributed by atoms with E-state index in [1.807, 2.05) is 0 Å². The maximum absolute atomic E-state index is 12.8. The second kappa shape index (κ2) is 8.51. The molecule has 0 aliphatic rings. The normalized spacial score (nSPS) is 10.4. The van der Waals surface area contributed by atoms with Crippen LogP contribution in [0, 0.1) is 11.3 Å². The van der Waals surface area contributed by atoms with Gasteiger partial charge in [0, 0.05) is 16.8 Å². The van der Waals surface area contributed by atoms with Crippen LogP contribution in [0.2, 0.25) is 5.02 Å². The van der Waals surface area contributed by atoms with Gasteiger partial charge in [0.25, 0.3) is 5.91 Å². The smallest absolute Gasteiger partial charge is 0.387 e. The number of hydrogen-bond donors (Lipinski definition) is 1. The van der Waals surface area contributed by atoms with Crippen molar-refractivity contribution in [1.82, 2.24) is 0 Å². The number of nitriles is 1. The minimum atomic E-state index is -3.00. The average molecular weight is 399 g/mol. The highest BCUT2D eigenvalue weighted by Crippen LogP contribution is 2.30. The van der Waals surface area contributed by atoms with Gasteiger partial charge in [-0.05, 0) is 35.9 Å². The molecule has 140 valence electrons. The van der Waals surface area contributed by atoms with Crippen LogP contribution in [0.5, 0.6) is 5.75 Å². The molecule has 0 fully saturated rings. The van der Waals surface area contributed by atoms with Gasteiger partial charge >= 0.3 is 6.61 Å². The molecule has 0 unspecified atom stereocenters. The van der Waals surface area contributed by atoms with Gasteiger partial charge in [0.1, 0.15) is 5.75 Å². The monoisotopic (exact) mass is 398 g/mol. The summed E-state index contributed by atoms with van der Waals surface area (Å²) in [6.45, 7) is -3.00. The first kappa shape index (κ1) is 19.3. The van der Waals surface area contributed by atoms with Crippen molar-refractivity contribution in [3.8, 4) is 22.9 Å². The largest absolute Gasteiger partial charge is 0.433 e. The van der Waals surface area contributed by atoms with Crippen molar-refractivity contribution < 1.29 is 18.3 Å². The van der Waals surface area contributed by atoms with E-state index in [-0.39, 0.29) is 10.8 Å². The minimum absolute atomic E-state index is 0.0544. The molecule has 0 saturated carbocycles. The van der Waals surface area contributed by atoms with E-state index in [0.717, 1.165) is 0 Å². The summed E-state index contributed by atoms with van der Waals surface area (Å²) in [6, 6.07) is 19.9. The number of carbonyl (C=O) groups is 1. The van der Waals surface area contributed by atoms with E-state index < -0.39 is 12.5 Å². The van der Waals surface area contributed by atoms with Crippen LogP contribution in [0.1, 0.15) is 15.9 Å². The van der Waals surface area contributed by atoms with E-state index >= 15 is 0 Å². The predicted molar refractivity (Wildman–Crippen MR) is 103 cm³/mol. The van der Waals surface area contributed by atoms with Crippen molar-refractivity contribution in [2.45, 2.75) is 6.61 Å². The van der Waals surface area contributed by atoms with Gasteiger partial charge in [-0.2, -0.15) is 14.0 Å². The quantitative estimate of drug-likeness (QED) is 0.596. The lowest BCUT2D eigenvalue weighted by molar-refractivity contribution is -0.0497. The molecule has 3 rings (SSSR count). The number of nitrogens with zero attached hydrogens (tertiary/aromatic N) is 1. The fourth-order valence-corrected chi connectivity index (χ4v) is 2.93. The first-order valence-electron chi connectivity index (χ1n) is 8.14. The molecule has 1 N–H and O–H groups in total. The standard InChI is InChI=1S/C21H13ClF2N2O2/c22-18-11-14(9-10-19(18)28-21(23)24)26-20(27)17-8-4-3-7-16(17)15-6-2-1-5-13(15)12-25/h1-11,21H,(H,26,27). The molecule has 0 saturated heterocycles. The van der Waals surface area contributed by atoms with Crippen molar-refractivity contribution in [3.63, 3.8) is 0 Å². The number of anilines is 1. The number of halogens is 3. The van der Waals surface area contributed by atoms with Crippen LogP contribution in [0.25, 0.3) is 11.1 Å². The molecule has 0 aromatic heterocycles. The van der Waals surface area contributed by atoms with Crippen molar-refractivity contribution in [2.24, 2.45) is 0 Å². The van der Waals surface area contributed by atoms with E-state index in [4.69, 9.17) is 11.6 Å². The highest BCUT2D eigenvalue weighted by molar-refractivity contribution is 6.32. The molecule has 0 bridgehead atoms. The Labute approximate surface area is 164 Å². The van der Waals surface area contributed by atoms with E-state index in [9.17, 15) is 18.8 Å². The van der Waals surface area contributed by atoms with Crippen molar-refractivity contribution in [1.29, 1.82) is 5.26 Å². The summed E-state index contributed by atoms with van der Waals surface area (Å²) in [5, 5.41) is 12.0. The zero-order valence-electron chi connectivity index (χ0n) is 14.3. The van der Waals surface area contributed by atoms with Crippen LogP contribution in [0.4, 0.5) is 14.5 Å². The minimum Gasteiger partial charge on any atom is -0.433 e. The zero-order chi connectivity index (χ0) is 20.1. The lowest BCUT2D eigenvalue weighted by atomic mass is 9.95. The Morgan fingerprint density at radius 3 is 2.39 bits per heavy atom. The molecule has 0 heterocycles. The van der Waals surface area contributed by atoms with E-state index in [1.54, 1.807) is 48.5 Å². The van der Waals surface area contributed by atoms with Crippen LogP contribution in [0.15, 0.2) is 66.7 Å². The summed E-state index contributed by atoms with van der Waals surface area (Å²) in [7, 11) is 0. The molecular weight excluding hydrogens is 386 g/mol. The van der Waals surface area contributed by atoms with Gasteiger partial charge in [-0.1, -0.05) is 48.0 Å². The number of nitrogens with one attached hydrogen (secondary N) is 1. The van der Waals surface area contributed by atoms with Gasteiger partial charge < -0.3 is 10.1 Å². The molecule has 7 heteroatoms. The van der Waals surface area contributed by atoms with Crippen LogP contribution in [-0.4, -0.2) is 12.5 Å². The van der Waals surface area contributed by atoms with E-state index in [1.165, 1.54) is 18.2 Å². The molecule has 4 nitrogen and oxygen atoms in total. The fraction of sp³-hybridized carbons (Fsp3) is 0.0476. The molecule has 3 aromatic carbocycles. The highest BCUT2D eigenvalue weighted by atomic mass is 35.5. The molecule has 0 spiro atoms. The van der Waals surface area contributed by atoms with Gasteiger partial charge in [0.2, 0.25) is 0 Å². The maximum atomic E-state index is 12.8. The molecular formula is C21H13ClF2N2O2. The van der Waals surface area contributed by atoms with Gasteiger partial charge in [-0.15, -0.1) is 0 Å². The van der Waals surface area contributed by atoms with Crippen LogP contribution in [0.3, 0.4) is 0 Å². The number of ether oxygens (including phenoxy) is 1. The van der Waals surface area contributed by atoms with Crippen LogP contribution in [-0.2, 0) is 0 Å². The van der Waals surface area contributed by atoms with Crippen molar-refractivity contribution in [2.75, 3.05) is 5.32 Å². The first-order valence-corrected chi connectivity index (χ1v) is 8.51. The zero-order valence-corrected chi connectivity index (χ0v) is 15.1. The first-order chi connectivity index (χ1) is 13.5. The molecule has 0 aliphatic carbocycles. The predicted octanol–water partition coefficient (Wildman–Crippen LogP) is 5.73. The third-order valence-corrected chi connectivity index (χ3v) is 4.21. The molecule has 0 radical (unpaired) electrons. The Balaban J connectivity index is 1.91. The van der Waals surface area contributed by atoms with Gasteiger partial charge in [0.05, 0.1) is 16.7 Å². The SMILES string of the molecule is N#Cc1ccccc1-c1ccccc1C(=O)Nc1ccc(OC(F)F)c(Cl)c1. The Kier molecular flexibility index (Phi) is 5.87.